The second-order valence-electron chi connectivity index (χ2n) is 5.05. The average molecular weight is 246 g/mol. The Hall–Kier alpha value is -1.07. The van der Waals surface area contributed by atoms with Crippen molar-refractivity contribution < 1.29 is 13.2 Å². The molecule has 0 amide bonds. The molecule has 1 rings (SSSR count). The lowest BCUT2D eigenvalue weighted by Gasteiger charge is -2.32. The topological polar surface area (TPSA) is 38.0 Å². The van der Waals surface area contributed by atoms with Crippen LogP contribution in [0.4, 0.5) is 13.2 Å². The quantitative estimate of drug-likeness (QED) is 0.621. The lowest BCUT2D eigenvalue weighted by molar-refractivity contribution is -0.138. The fourth-order valence-electron chi connectivity index (χ4n) is 1.81. The number of alkyl halides is 3. The van der Waals surface area contributed by atoms with Crippen LogP contribution in [0.25, 0.3) is 0 Å². The summed E-state index contributed by atoms with van der Waals surface area (Å²) in [7, 11) is 0. The maximum Gasteiger partial charge on any atom is 0.416 e. The van der Waals surface area contributed by atoms with Gasteiger partial charge in [-0.25, -0.2) is 0 Å². The Labute approximate surface area is 99.0 Å². The van der Waals surface area contributed by atoms with Gasteiger partial charge in [-0.15, -0.1) is 0 Å². The highest BCUT2D eigenvalue weighted by atomic mass is 19.4. The predicted molar refractivity (Wildman–Crippen MR) is 61.0 cm³/mol. The second kappa shape index (κ2) is 4.66. The zero-order valence-corrected chi connectivity index (χ0v) is 10.1. The number of nitrogens with one attached hydrogen (secondary N) is 1. The van der Waals surface area contributed by atoms with E-state index in [0.717, 1.165) is 6.07 Å². The van der Waals surface area contributed by atoms with Crippen molar-refractivity contribution in [1.82, 2.24) is 5.43 Å². The van der Waals surface area contributed by atoms with Crippen molar-refractivity contribution in [3.8, 4) is 0 Å². The molecule has 1 unspecified atom stereocenters. The van der Waals surface area contributed by atoms with E-state index in [1.165, 1.54) is 12.1 Å². The summed E-state index contributed by atoms with van der Waals surface area (Å²) in [5.74, 6) is 5.39. The molecule has 0 saturated heterocycles. The average Bonchev–Trinajstić information content (AvgIpc) is 2.15. The van der Waals surface area contributed by atoms with Crippen LogP contribution in [0, 0.1) is 5.41 Å². The van der Waals surface area contributed by atoms with Crippen molar-refractivity contribution in [2.24, 2.45) is 11.3 Å². The van der Waals surface area contributed by atoms with E-state index in [9.17, 15) is 13.2 Å². The molecular formula is C12H17F3N2. The minimum atomic E-state index is -4.36. The van der Waals surface area contributed by atoms with Gasteiger partial charge in [0.2, 0.25) is 0 Å². The maximum atomic E-state index is 12.9. The number of benzene rings is 1. The third-order valence-electron chi connectivity index (χ3n) is 2.61. The van der Waals surface area contributed by atoms with E-state index in [0.29, 0.717) is 0 Å². The van der Waals surface area contributed by atoms with Gasteiger partial charge in [0.25, 0.3) is 0 Å². The van der Waals surface area contributed by atoms with Gasteiger partial charge in [-0.1, -0.05) is 39.0 Å². The van der Waals surface area contributed by atoms with Crippen LogP contribution in [0.5, 0.6) is 0 Å². The third kappa shape index (κ3) is 3.20. The molecule has 0 aliphatic heterocycles. The Bertz CT molecular complexity index is 380. The lowest BCUT2D eigenvalue weighted by Crippen LogP contribution is -2.38. The van der Waals surface area contributed by atoms with Gasteiger partial charge in [0.15, 0.2) is 0 Å². The minimum absolute atomic E-state index is 0.176. The molecule has 0 fully saturated rings. The highest BCUT2D eigenvalue weighted by Crippen LogP contribution is 2.39. The van der Waals surface area contributed by atoms with Gasteiger partial charge in [-0.05, 0) is 17.0 Å². The van der Waals surface area contributed by atoms with Crippen LogP contribution in [0.1, 0.15) is 37.9 Å². The van der Waals surface area contributed by atoms with Crippen LogP contribution in [-0.2, 0) is 6.18 Å². The first-order chi connectivity index (χ1) is 7.68. The van der Waals surface area contributed by atoms with Gasteiger partial charge in [0.1, 0.15) is 0 Å². The predicted octanol–water partition coefficient (Wildman–Crippen LogP) is 3.26. The van der Waals surface area contributed by atoms with E-state index in [-0.39, 0.29) is 5.56 Å². The first kappa shape index (κ1) is 14.0. The SMILES string of the molecule is CC(C)(C)C(NN)c1ccccc1C(F)(F)F. The highest BCUT2D eigenvalue weighted by molar-refractivity contribution is 5.33. The molecule has 1 aromatic rings. The van der Waals surface area contributed by atoms with Gasteiger partial charge in [0.05, 0.1) is 11.6 Å². The molecule has 3 N–H and O–H groups in total. The minimum Gasteiger partial charge on any atom is -0.271 e. The normalized spacial score (nSPS) is 14.8. The molecule has 0 radical (unpaired) electrons. The van der Waals surface area contributed by atoms with Crippen LogP contribution in [0.3, 0.4) is 0 Å². The van der Waals surface area contributed by atoms with Crippen LogP contribution < -0.4 is 11.3 Å². The molecule has 96 valence electrons. The molecule has 0 aliphatic rings. The van der Waals surface area contributed by atoms with Crippen molar-refractivity contribution in [3.63, 3.8) is 0 Å². The Morgan fingerprint density at radius 2 is 1.65 bits per heavy atom. The zero-order chi connectivity index (χ0) is 13.3. The van der Waals surface area contributed by atoms with E-state index >= 15 is 0 Å². The molecule has 0 bridgehead atoms. The second-order valence-corrected chi connectivity index (χ2v) is 5.05. The Balaban J connectivity index is 3.30. The summed E-state index contributed by atoms with van der Waals surface area (Å²) in [6.45, 7) is 5.51. The molecule has 2 nitrogen and oxygen atoms in total. The van der Waals surface area contributed by atoms with E-state index < -0.39 is 23.2 Å². The summed E-state index contributed by atoms with van der Waals surface area (Å²) >= 11 is 0. The summed E-state index contributed by atoms with van der Waals surface area (Å²) in [5.41, 5.74) is 1.60. The van der Waals surface area contributed by atoms with Crippen molar-refractivity contribution in [1.29, 1.82) is 0 Å². The fourth-order valence-corrected chi connectivity index (χ4v) is 1.81. The number of nitrogens with two attached hydrogens (primary N) is 1. The van der Waals surface area contributed by atoms with Crippen LogP contribution >= 0.6 is 0 Å². The van der Waals surface area contributed by atoms with Crippen LogP contribution in [0.15, 0.2) is 24.3 Å². The van der Waals surface area contributed by atoms with Crippen molar-refractivity contribution in [3.05, 3.63) is 35.4 Å². The largest absolute Gasteiger partial charge is 0.416 e. The Morgan fingerprint density at radius 1 is 1.12 bits per heavy atom. The van der Waals surface area contributed by atoms with Crippen molar-refractivity contribution in [2.75, 3.05) is 0 Å². The molecule has 1 atom stereocenters. The number of halogens is 3. The Kier molecular flexibility index (Phi) is 3.84. The number of rotatable bonds is 2. The smallest absolute Gasteiger partial charge is 0.271 e. The van der Waals surface area contributed by atoms with Crippen LogP contribution in [-0.4, -0.2) is 0 Å². The number of hydrazine groups is 1. The van der Waals surface area contributed by atoms with E-state index in [1.807, 2.05) is 20.8 Å². The van der Waals surface area contributed by atoms with Gasteiger partial charge >= 0.3 is 6.18 Å². The summed E-state index contributed by atoms with van der Waals surface area (Å²) in [6.07, 6.45) is -4.36. The van der Waals surface area contributed by atoms with Crippen molar-refractivity contribution in [2.45, 2.75) is 33.0 Å². The summed E-state index contributed by atoms with van der Waals surface area (Å²) in [5, 5.41) is 0. The van der Waals surface area contributed by atoms with E-state index in [2.05, 4.69) is 5.43 Å². The molecule has 5 heteroatoms. The molecule has 0 aliphatic carbocycles. The van der Waals surface area contributed by atoms with Gasteiger partial charge in [0, 0.05) is 0 Å². The first-order valence-corrected chi connectivity index (χ1v) is 5.30. The van der Waals surface area contributed by atoms with Crippen LogP contribution in [0.2, 0.25) is 0 Å². The van der Waals surface area contributed by atoms with E-state index in [1.54, 1.807) is 6.07 Å². The molecule has 0 aromatic heterocycles. The number of hydrogen-bond donors (Lipinski definition) is 2. The molecule has 0 spiro atoms. The van der Waals surface area contributed by atoms with Gasteiger partial charge in [-0.3, -0.25) is 11.3 Å². The lowest BCUT2D eigenvalue weighted by atomic mass is 9.81. The van der Waals surface area contributed by atoms with Gasteiger partial charge < -0.3 is 0 Å². The fraction of sp³-hybridized carbons (Fsp3) is 0.500. The highest BCUT2D eigenvalue weighted by Gasteiger charge is 2.37. The molecule has 17 heavy (non-hydrogen) atoms. The summed E-state index contributed by atoms with van der Waals surface area (Å²) in [4.78, 5) is 0. The first-order valence-electron chi connectivity index (χ1n) is 5.30. The molecule has 0 heterocycles. The van der Waals surface area contributed by atoms with Gasteiger partial charge in [-0.2, -0.15) is 13.2 Å². The van der Waals surface area contributed by atoms with Crippen molar-refractivity contribution >= 4 is 0 Å². The molecule has 1 aromatic carbocycles. The standard InChI is InChI=1S/C12H17F3N2/c1-11(2,3)10(17-16)8-6-4-5-7-9(8)12(13,14)15/h4-7,10,17H,16H2,1-3H3. The number of hydrogen-bond acceptors (Lipinski definition) is 2. The van der Waals surface area contributed by atoms with E-state index in [4.69, 9.17) is 5.84 Å². The zero-order valence-electron chi connectivity index (χ0n) is 10.1. The Morgan fingerprint density at radius 3 is 2.06 bits per heavy atom. The summed E-state index contributed by atoms with van der Waals surface area (Å²) < 4.78 is 38.6. The monoisotopic (exact) mass is 246 g/mol. The maximum absolute atomic E-state index is 12.9. The third-order valence-corrected chi connectivity index (χ3v) is 2.61. The summed E-state index contributed by atoms with van der Waals surface area (Å²) in [6, 6.07) is 4.94. The molecule has 0 saturated carbocycles. The molecular weight excluding hydrogens is 229 g/mol.